The molecule has 0 aromatic heterocycles. The van der Waals surface area contributed by atoms with Gasteiger partial charge in [0.25, 0.3) is 0 Å². The van der Waals surface area contributed by atoms with Crippen molar-refractivity contribution in [2.75, 3.05) is 0 Å². The van der Waals surface area contributed by atoms with Gasteiger partial charge in [-0.2, -0.15) is 0 Å². The summed E-state index contributed by atoms with van der Waals surface area (Å²) in [5, 5.41) is 3.65. The van der Waals surface area contributed by atoms with Crippen LogP contribution in [-0.4, -0.2) is 6.04 Å². The minimum absolute atomic E-state index is 0.242. The van der Waals surface area contributed by atoms with Crippen LogP contribution in [0.3, 0.4) is 0 Å². The van der Waals surface area contributed by atoms with Crippen LogP contribution in [0.4, 0.5) is 8.78 Å². The molecule has 1 atom stereocenters. The molecule has 2 aromatic carbocycles. The van der Waals surface area contributed by atoms with Gasteiger partial charge >= 0.3 is 0 Å². The summed E-state index contributed by atoms with van der Waals surface area (Å²) in [6.07, 6.45) is 0.242. The van der Waals surface area contributed by atoms with E-state index in [4.69, 9.17) is 10.3 Å². The lowest BCUT2D eigenvalue weighted by Gasteiger charge is -2.26. The molecule has 0 radical (unpaired) electrons. The van der Waals surface area contributed by atoms with Crippen molar-refractivity contribution in [1.29, 1.82) is 0 Å². The molecular weight excluding hydrogens is 300 g/mol. The van der Waals surface area contributed by atoms with Crippen molar-refractivity contribution < 1.29 is 13.5 Å². The number of fused-ring (bicyclic) bond motifs is 1. The summed E-state index contributed by atoms with van der Waals surface area (Å²) in [6, 6.07) is 9.95. The highest BCUT2D eigenvalue weighted by atomic mass is 19.1. The third kappa shape index (κ3) is 2.89. The quantitative estimate of drug-likeness (QED) is 0.446. The second-order valence-electron chi connectivity index (χ2n) is 5.23. The molecule has 0 bridgehead atoms. The fourth-order valence-corrected chi connectivity index (χ4v) is 2.64. The summed E-state index contributed by atoms with van der Waals surface area (Å²) in [6.45, 7) is 1.68. The number of allylic oxidation sites excluding steroid dienone is 1. The van der Waals surface area contributed by atoms with Crippen LogP contribution in [0.15, 0.2) is 53.3 Å². The van der Waals surface area contributed by atoms with Gasteiger partial charge in [0.2, 0.25) is 0 Å². The van der Waals surface area contributed by atoms with Crippen LogP contribution in [-0.2, 0) is 6.42 Å². The number of azide groups is 1. The van der Waals surface area contributed by atoms with Gasteiger partial charge in [-0.05, 0) is 42.3 Å². The van der Waals surface area contributed by atoms with E-state index in [1.54, 1.807) is 31.2 Å². The number of hydrogen-bond acceptors (Lipinski definition) is 2. The smallest absolute Gasteiger partial charge is 0.133 e. The fraction of sp³-hybridized carbons (Fsp3) is 0.176. The summed E-state index contributed by atoms with van der Waals surface area (Å²) in [5.74, 6) is 0.0173. The van der Waals surface area contributed by atoms with Crippen LogP contribution in [0, 0.1) is 11.6 Å². The third-order valence-corrected chi connectivity index (χ3v) is 3.72. The van der Waals surface area contributed by atoms with E-state index < -0.39 is 11.9 Å². The normalized spacial score (nSPS) is 14.6. The fourth-order valence-electron chi connectivity index (χ4n) is 2.64. The zero-order valence-corrected chi connectivity index (χ0v) is 12.3. The standard InChI is InChI=1S/C17H13F2N3O/c1-10(21-22-20)17-13(11-4-2-5-12(18)8-11)9-14-15(19)6-3-7-16(14)23-17/h2-8,10H,9H2,1H3/t10-/m1/s1. The third-order valence-electron chi connectivity index (χ3n) is 3.72. The zero-order chi connectivity index (χ0) is 16.4. The van der Waals surface area contributed by atoms with E-state index in [2.05, 4.69) is 10.0 Å². The molecule has 0 unspecified atom stereocenters. The molecule has 0 saturated heterocycles. The monoisotopic (exact) mass is 313 g/mol. The topological polar surface area (TPSA) is 58.0 Å². The molecule has 0 amide bonds. The Hall–Kier alpha value is -2.85. The van der Waals surface area contributed by atoms with Crippen LogP contribution in [0.2, 0.25) is 0 Å². The van der Waals surface area contributed by atoms with E-state index in [9.17, 15) is 8.78 Å². The Balaban J connectivity index is 2.16. The maximum atomic E-state index is 14.1. The Morgan fingerprint density at radius 1 is 1.22 bits per heavy atom. The first-order chi connectivity index (χ1) is 11.1. The van der Waals surface area contributed by atoms with Gasteiger partial charge < -0.3 is 4.74 Å². The largest absolute Gasteiger partial charge is 0.461 e. The molecule has 1 aliphatic heterocycles. The van der Waals surface area contributed by atoms with E-state index >= 15 is 0 Å². The SMILES string of the molecule is C[C@@H](N=[N+]=[N-])C1=C(c2cccc(F)c2)Cc2c(F)cccc2O1. The number of benzene rings is 2. The van der Waals surface area contributed by atoms with Gasteiger partial charge in [-0.25, -0.2) is 8.78 Å². The minimum Gasteiger partial charge on any atom is -0.461 e. The average molecular weight is 313 g/mol. The molecule has 0 saturated carbocycles. The van der Waals surface area contributed by atoms with Gasteiger partial charge in [0.05, 0.1) is 6.04 Å². The molecule has 4 nitrogen and oxygen atoms in total. The Labute approximate surface area is 131 Å². The molecule has 116 valence electrons. The lowest BCUT2D eigenvalue weighted by Crippen LogP contribution is -2.18. The summed E-state index contributed by atoms with van der Waals surface area (Å²) >= 11 is 0. The first kappa shape index (κ1) is 15.1. The lowest BCUT2D eigenvalue weighted by molar-refractivity contribution is 0.376. The summed E-state index contributed by atoms with van der Waals surface area (Å²) in [4.78, 5) is 2.79. The molecule has 6 heteroatoms. The van der Waals surface area contributed by atoms with Crippen molar-refractivity contribution in [3.05, 3.63) is 81.4 Å². The van der Waals surface area contributed by atoms with Gasteiger partial charge in [0.15, 0.2) is 0 Å². The van der Waals surface area contributed by atoms with Crippen molar-refractivity contribution in [3.8, 4) is 5.75 Å². The molecule has 1 heterocycles. The molecule has 3 rings (SSSR count). The highest BCUT2D eigenvalue weighted by molar-refractivity contribution is 5.73. The second-order valence-corrected chi connectivity index (χ2v) is 5.23. The predicted molar refractivity (Wildman–Crippen MR) is 82.7 cm³/mol. The van der Waals surface area contributed by atoms with Gasteiger partial charge in [0.1, 0.15) is 23.1 Å². The van der Waals surface area contributed by atoms with E-state index in [1.165, 1.54) is 18.2 Å². The lowest BCUT2D eigenvalue weighted by atomic mass is 9.92. The van der Waals surface area contributed by atoms with Gasteiger partial charge in [0, 0.05) is 22.5 Å². The highest BCUT2D eigenvalue weighted by Crippen LogP contribution is 2.38. The first-order valence-electron chi connectivity index (χ1n) is 7.08. The molecular formula is C17H13F2N3O. The molecule has 0 spiro atoms. The molecule has 2 aromatic rings. The van der Waals surface area contributed by atoms with Crippen LogP contribution in [0.25, 0.3) is 16.0 Å². The maximum Gasteiger partial charge on any atom is 0.133 e. The minimum atomic E-state index is -0.588. The molecule has 23 heavy (non-hydrogen) atoms. The Morgan fingerprint density at radius 3 is 2.74 bits per heavy atom. The van der Waals surface area contributed by atoms with Crippen molar-refractivity contribution in [1.82, 2.24) is 0 Å². The first-order valence-corrected chi connectivity index (χ1v) is 7.08. The Morgan fingerprint density at radius 2 is 2.00 bits per heavy atom. The average Bonchev–Trinajstić information content (AvgIpc) is 2.54. The van der Waals surface area contributed by atoms with Crippen LogP contribution in [0.1, 0.15) is 18.1 Å². The molecule has 0 aliphatic carbocycles. The van der Waals surface area contributed by atoms with E-state index in [0.29, 0.717) is 28.2 Å². The van der Waals surface area contributed by atoms with Crippen LogP contribution >= 0.6 is 0 Å². The second kappa shape index (κ2) is 6.10. The van der Waals surface area contributed by atoms with Crippen molar-refractivity contribution in [2.24, 2.45) is 5.11 Å². The summed E-state index contributed by atoms with van der Waals surface area (Å²) in [5.41, 5.74) is 10.3. The van der Waals surface area contributed by atoms with Crippen molar-refractivity contribution in [2.45, 2.75) is 19.4 Å². The number of hydrogen-bond donors (Lipinski definition) is 0. The summed E-state index contributed by atoms with van der Waals surface area (Å²) in [7, 11) is 0. The van der Waals surface area contributed by atoms with Gasteiger partial charge in [-0.15, -0.1) is 0 Å². The van der Waals surface area contributed by atoms with Crippen molar-refractivity contribution >= 4 is 5.57 Å². The predicted octanol–water partition coefficient (Wildman–Crippen LogP) is 5.01. The number of halogens is 2. The van der Waals surface area contributed by atoms with Gasteiger partial charge in [-0.1, -0.05) is 23.3 Å². The maximum absolute atomic E-state index is 14.1. The highest BCUT2D eigenvalue weighted by Gasteiger charge is 2.26. The number of ether oxygens (including phenoxy) is 1. The van der Waals surface area contributed by atoms with E-state index in [1.807, 2.05) is 0 Å². The van der Waals surface area contributed by atoms with Crippen molar-refractivity contribution in [3.63, 3.8) is 0 Å². The number of nitrogens with zero attached hydrogens (tertiary/aromatic N) is 3. The van der Waals surface area contributed by atoms with E-state index in [0.717, 1.165) is 0 Å². The van der Waals surface area contributed by atoms with Crippen LogP contribution in [0.5, 0.6) is 5.75 Å². The molecule has 0 N–H and O–H groups in total. The molecule has 1 aliphatic rings. The molecule has 0 fully saturated rings. The zero-order valence-electron chi connectivity index (χ0n) is 12.3. The number of rotatable bonds is 3. The summed E-state index contributed by atoms with van der Waals surface area (Å²) < 4.78 is 33.4. The van der Waals surface area contributed by atoms with E-state index in [-0.39, 0.29) is 12.2 Å². The van der Waals surface area contributed by atoms with Gasteiger partial charge in [-0.3, -0.25) is 0 Å². The van der Waals surface area contributed by atoms with Crippen LogP contribution < -0.4 is 4.74 Å². The Kier molecular flexibility index (Phi) is 4.00. The Bertz CT molecular complexity index is 841.